The van der Waals surface area contributed by atoms with E-state index in [2.05, 4.69) is 4.72 Å². The molecule has 0 spiro atoms. The molecule has 1 aliphatic rings. The van der Waals surface area contributed by atoms with Crippen LogP contribution in [0.4, 0.5) is 13.2 Å². The van der Waals surface area contributed by atoms with Crippen molar-refractivity contribution in [2.24, 2.45) is 5.92 Å². The van der Waals surface area contributed by atoms with E-state index in [1.165, 1.54) is 0 Å². The lowest BCUT2D eigenvalue weighted by atomic mass is 9.87. The standard InChI is InChI=1S/C14H15ClF3NO4S/c15-10-5-9(14(16,17)18)6-12(7-10)24(22,23)19-11-3-1-8(2-4-11)13(20)21/h5-8,11,19H,1-4H2,(H,20,21). The monoisotopic (exact) mass is 385 g/mol. The van der Waals surface area contributed by atoms with Crippen LogP contribution in [0.25, 0.3) is 0 Å². The van der Waals surface area contributed by atoms with Crippen molar-refractivity contribution in [2.45, 2.75) is 42.8 Å². The number of carboxylic acid groups (broad SMARTS) is 1. The largest absolute Gasteiger partial charge is 0.481 e. The lowest BCUT2D eigenvalue weighted by molar-refractivity contribution is -0.143. The maximum absolute atomic E-state index is 12.8. The normalized spacial score (nSPS) is 22.3. The second kappa shape index (κ2) is 6.89. The van der Waals surface area contributed by atoms with Gasteiger partial charge in [-0.2, -0.15) is 13.2 Å². The first-order valence-electron chi connectivity index (χ1n) is 7.12. The fraction of sp³-hybridized carbons (Fsp3) is 0.500. The number of hydrogen-bond donors (Lipinski definition) is 2. The highest BCUT2D eigenvalue weighted by molar-refractivity contribution is 7.89. The molecule has 0 saturated heterocycles. The molecule has 134 valence electrons. The van der Waals surface area contributed by atoms with E-state index in [9.17, 15) is 26.4 Å². The van der Waals surface area contributed by atoms with Crippen molar-refractivity contribution in [1.82, 2.24) is 4.72 Å². The molecule has 1 aromatic rings. The second-order valence-corrected chi connectivity index (χ2v) is 7.83. The van der Waals surface area contributed by atoms with Crippen LogP contribution in [-0.4, -0.2) is 25.5 Å². The van der Waals surface area contributed by atoms with Crippen LogP contribution in [0.15, 0.2) is 23.1 Å². The van der Waals surface area contributed by atoms with Gasteiger partial charge in [-0.15, -0.1) is 0 Å². The number of rotatable bonds is 4. The van der Waals surface area contributed by atoms with Gasteiger partial charge in [0, 0.05) is 11.1 Å². The van der Waals surface area contributed by atoms with Gasteiger partial charge in [0.25, 0.3) is 0 Å². The van der Waals surface area contributed by atoms with Crippen molar-refractivity contribution in [3.8, 4) is 0 Å². The highest BCUT2D eigenvalue weighted by Gasteiger charge is 2.33. The molecule has 0 aliphatic heterocycles. The number of alkyl halides is 3. The highest BCUT2D eigenvalue weighted by atomic mass is 35.5. The van der Waals surface area contributed by atoms with E-state index < -0.39 is 44.6 Å². The first-order chi connectivity index (χ1) is 11.0. The molecular formula is C14H15ClF3NO4S. The molecule has 1 saturated carbocycles. The molecule has 0 aromatic heterocycles. The van der Waals surface area contributed by atoms with Crippen molar-refractivity contribution in [1.29, 1.82) is 0 Å². The van der Waals surface area contributed by atoms with Crippen LogP contribution in [0.2, 0.25) is 5.02 Å². The number of benzene rings is 1. The van der Waals surface area contributed by atoms with E-state index in [4.69, 9.17) is 16.7 Å². The molecule has 10 heteroatoms. The quantitative estimate of drug-likeness (QED) is 0.833. The second-order valence-electron chi connectivity index (χ2n) is 5.68. The predicted molar refractivity (Wildman–Crippen MR) is 80.2 cm³/mol. The van der Waals surface area contributed by atoms with E-state index in [0.717, 1.165) is 6.07 Å². The van der Waals surface area contributed by atoms with Crippen LogP contribution >= 0.6 is 11.6 Å². The first kappa shape index (κ1) is 19.0. The summed E-state index contributed by atoms with van der Waals surface area (Å²) < 4.78 is 65.3. The van der Waals surface area contributed by atoms with E-state index in [-0.39, 0.29) is 5.02 Å². The van der Waals surface area contributed by atoms with Crippen molar-refractivity contribution in [3.05, 3.63) is 28.8 Å². The molecule has 2 N–H and O–H groups in total. The highest BCUT2D eigenvalue weighted by Crippen LogP contribution is 2.33. The lowest BCUT2D eigenvalue weighted by Crippen LogP contribution is -2.38. The summed E-state index contributed by atoms with van der Waals surface area (Å²) >= 11 is 5.60. The Balaban J connectivity index is 2.17. The first-order valence-corrected chi connectivity index (χ1v) is 8.98. The minimum Gasteiger partial charge on any atom is -0.481 e. The van der Waals surface area contributed by atoms with Gasteiger partial charge in [0.05, 0.1) is 16.4 Å². The van der Waals surface area contributed by atoms with E-state index in [0.29, 0.717) is 37.8 Å². The summed E-state index contributed by atoms with van der Waals surface area (Å²) in [5.74, 6) is -1.45. The summed E-state index contributed by atoms with van der Waals surface area (Å²) in [6.07, 6.45) is -3.47. The number of aliphatic carboxylic acids is 1. The number of halogens is 4. The number of sulfonamides is 1. The van der Waals surface area contributed by atoms with Crippen molar-refractivity contribution >= 4 is 27.6 Å². The maximum Gasteiger partial charge on any atom is 0.416 e. The summed E-state index contributed by atoms with van der Waals surface area (Å²) in [4.78, 5) is 10.3. The van der Waals surface area contributed by atoms with Gasteiger partial charge in [0.2, 0.25) is 10.0 Å². The Hall–Kier alpha value is -1.32. The van der Waals surface area contributed by atoms with Crippen molar-refractivity contribution < 1.29 is 31.5 Å². The molecule has 1 fully saturated rings. The van der Waals surface area contributed by atoms with Gasteiger partial charge < -0.3 is 5.11 Å². The molecular weight excluding hydrogens is 371 g/mol. The zero-order chi connectivity index (χ0) is 18.1. The van der Waals surface area contributed by atoms with Gasteiger partial charge in [-0.1, -0.05) is 11.6 Å². The Kier molecular flexibility index (Phi) is 5.46. The smallest absolute Gasteiger partial charge is 0.416 e. The van der Waals surface area contributed by atoms with Crippen LogP contribution in [0, 0.1) is 5.92 Å². The maximum atomic E-state index is 12.8. The van der Waals surface area contributed by atoms with Gasteiger partial charge in [-0.05, 0) is 43.9 Å². The summed E-state index contributed by atoms with van der Waals surface area (Å²) in [5, 5.41) is 8.58. The fourth-order valence-electron chi connectivity index (χ4n) is 2.63. The van der Waals surface area contributed by atoms with Gasteiger partial charge in [0.15, 0.2) is 0 Å². The SMILES string of the molecule is O=C(O)C1CCC(NS(=O)(=O)c2cc(Cl)cc(C(F)(F)F)c2)CC1. The average Bonchev–Trinajstić information content (AvgIpc) is 2.46. The minimum absolute atomic E-state index is 0.308. The Bertz CT molecular complexity index is 728. The molecule has 0 atom stereocenters. The van der Waals surface area contributed by atoms with Crippen LogP contribution < -0.4 is 4.72 Å². The molecule has 24 heavy (non-hydrogen) atoms. The van der Waals surface area contributed by atoms with Crippen molar-refractivity contribution in [3.63, 3.8) is 0 Å². The zero-order valence-corrected chi connectivity index (χ0v) is 13.9. The molecule has 1 aromatic carbocycles. The molecule has 0 unspecified atom stereocenters. The van der Waals surface area contributed by atoms with E-state index >= 15 is 0 Å². The fourth-order valence-corrected chi connectivity index (χ4v) is 4.30. The predicted octanol–water partition coefficient (Wildman–Crippen LogP) is 3.28. The number of carboxylic acids is 1. The third kappa shape index (κ3) is 4.61. The van der Waals surface area contributed by atoms with Crippen LogP contribution in [0.1, 0.15) is 31.2 Å². The summed E-state index contributed by atoms with van der Waals surface area (Å²) in [7, 11) is -4.18. The van der Waals surface area contributed by atoms with Crippen molar-refractivity contribution in [2.75, 3.05) is 0 Å². The third-order valence-corrected chi connectivity index (χ3v) is 5.63. The molecule has 0 amide bonds. The topological polar surface area (TPSA) is 83.5 Å². The Morgan fingerprint density at radius 2 is 1.75 bits per heavy atom. The summed E-state index contributed by atoms with van der Waals surface area (Å²) in [6, 6.07) is 1.61. The number of nitrogens with one attached hydrogen (secondary N) is 1. The Morgan fingerprint density at radius 3 is 2.25 bits per heavy atom. The number of carbonyl (C=O) groups is 1. The van der Waals surface area contributed by atoms with Crippen LogP contribution in [-0.2, 0) is 21.0 Å². The molecule has 0 radical (unpaired) electrons. The zero-order valence-electron chi connectivity index (χ0n) is 12.3. The van der Waals surface area contributed by atoms with Crippen LogP contribution in [0.5, 0.6) is 0 Å². The average molecular weight is 386 g/mol. The van der Waals surface area contributed by atoms with Gasteiger partial charge >= 0.3 is 12.1 Å². The Labute approximate surface area is 141 Å². The molecule has 1 aliphatic carbocycles. The molecule has 0 bridgehead atoms. The van der Waals surface area contributed by atoms with Crippen LogP contribution in [0.3, 0.4) is 0 Å². The summed E-state index contributed by atoms with van der Waals surface area (Å²) in [6.45, 7) is 0. The van der Waals surface area contributed by atoms with Gasteiger partial charge in [0.1, 0.15) is 0 Å². The number of hydrogen-bond acceptors (Lipinski definition) is 3. The Morgan fingerprint density at radius 1 is 1.17 bits per heavy atom. The minimum atomic E-state index is -4.71. The van der Waals surface area contributed by atoms with E-state index in [1.807, 2.05) is 0 Å². The summed E-state index contributed by atoms with van der Waals surface area (Å²) in [5.41, 5.74) is -1.15. The van der Waals surface area contributed by atoms with Gasteiger partial charge in [-0.25, -0.2) is 13.1 Å². The van der Waals surface area contributed by atoms with Gasteiger partial charge in [-0.3, -0.25) is 4.79 Å². The third-order valence-electron chi connectivity index (χ3n) is 3.91. The molecule has 2 rings (SSSR count). The molecule has 0 heterocycles. The van der Waals surface area contributed by atoms with E-state index in [1.54, 1.807) is 0 Å². The lowest BCUT2D eigenvalue weighted by Gasteiger charge is -2.26. The molecule has 5 nitrogen and oxygen atoms in total.